The Hall–Kier alpha value is -1.85. The van der Waals surface area contributed by atoms with Crippen LogP contribution in [0.2, 0.25) is 0 Å². The van der Waals surface area contributed by atoms with Crippen molar-refractivity contribution in [3.8, 4) is 0 Å². The van der Waals surface area contributed by atoms with Crippen LogP contribution >= 0.6 is 0 Å². The van der Waals surface area contributed by atoms with E-state index in [0.29, 0.717) is 25.9 Å². The zero-order valence-electron chi connectivity index (χ0n) is 8.76. The molecule has 0 spiro atoms. The van der Waals surface area contributed by atoms with Gasteiger partial charge in [0.05, 0.1) is 0 Å². The van der Waals surface area contributed by atoms with Crippen LogP contribution in [0, 0.1) is 5.92 Å². The van der Waals surface area contributed by atoms with Crippen molar-refractivity contribution in [2.24, 2.45) is 11.7 Å². The zero-order chi connectivity index (χ0) is 12.1. The van der Waals surface area contributed by atoms with Crippen LogP contribution in [0.25, 0.3) is 0 Å². The second-order valence-corrected chi connectivity index (χ2v) is 3.67. The Bertz CT molecular complexity index is 330. The van der Waals surface area contributed by atoms with Gasteiger partial charge in [-0.05, 0) is 12.8 Å². The Labute approximate surface area is 92.7 Å². The molecule has 0 aliphatic carbocycles. The van der Waals surface area contributed by atoms with E-state index in [-0.39, 0.29) is 17.7 Å². The van der Waals surface area contributed by atoms with Crippen molar-refractivity contribution in [1.29, 1.82) is 0 Å². The Morgan fingerprint density at radius 2 is 1.75 bits per heavy atom. The van der Waals surface area contributed by atoms with Gasteiger partial charge >= 0.3 is 5.97 Å². The summed E-state index contributed by atoms with van der Waals surface area (Å²) in [4.78, 5) is 34.0. The van der Waals surface area contributed by atoms with Gasteiger partial charge in [0.2, 0.25) is 11.8 Å². The van der Waals surface area contributed by atoms with Crippen LogP contribution in [-0.2, 0) is 14.4 Å². The van der Waals surface area contributed by atoms with Gasteiger partial charge in [-0.2, -0.15) is 0 Å². The number of amides is 2. The molecule has 0 atom stereocenters. The fourth-order valence-electron chi connectivity index (χ4n) is 1.63. The van der Waals surface area contributed by atoms with Crippen molar-refractivity contribution in [1.82, 2.24) is 4.90 Å². The van der Waals surface area contributed by atoms with E-state index in [1.807, 2.05) is 0 Å². The van der Waals surface area contributed by atoms with Crippen molar-refractivity contribution < 1.29 is 19.5 Å². The van der Waals surface area contributed by atoms with E-state index in [0.717, 1.165) is 12.2 Å². The van der Waals surface area contributed by atoms with Crippen LogP contribution in [-0.4, -0.2) is 40.9 Å². The maximum absolute atomic E-state index is 11.4. The average Bonchev–Trinajstić information content (AvgIpc) is 2.26. The second-order valence-electron chi connectivity index (χ2n) is 3.67. The molecular weight excluding hydrogens is 212 g/mol. The van der Waals surface area contributed by atoms with Crippen molar-refractivity contribution in [2.75, 3.05) is 13.1 Å². The first-order valence-electron chi connectivity index (χ1n) is 5.00. The fourth-order valence-corrected chi connectivity index (χ4v) is 1.63. The number of aliphatic carboxylic acids is 1. The number of rotatable bonds is 3. The number of carboxylic acids is 1. The molecule has 2 amide bonds. The SMILES string of the molecule is NC(=O)C1CCN(C(=O)/C=C/C(=O)O)CC1. The highest BCUT2D eigenvalue weighted by Crippen LogP contribution is 2.16. The third-order valence-electron chi connectivity index (χ3n) is 2.58. The van der Waals surface area contributed by atoms with E-state index in [1.165, 1.54) is 4.90 Å². The molecule has 6 heteroatoms. The molecule has 0 radical (unpaired) electrons. The van der Waals surface area contributed by atoms with Gasteiger partial charge in [0.25, 0.3) is 0 Å². The minimum atomic E-state index is -1.15. The number of nitrogens with two attached hydrogens (primary N) is 1. The molecule has 6 nitrogen and oxygen atoms in total. The van der Waals surface area contributed by atoms with Gasteiger partial charge in [0.1, 0.15) is 0 Å². The number of primary amides is 1. The van der Waals surface area contributed by atoms with Crippen LogP contribution in [0.15, 0.2) is 12.2 Å². The normalized spacial score (nSPS) is 17.6. The average molecular weight is 226 g/mol. The lowest BCUT2D eigenvalue weighted by atomic mass is 9.96. The lowest BCUT2D eigenvalue weighted by Crippen LogP contribution is -2.41. The molecule has 1 aliphatic rings. The number of carbonyl (C=O) groups excluding carboxylic acids is 2. The molecule has 3 N–H and O–H groups in total. The summed E-state index contributed by atoms with van der Waals surface area (Å²) in [5, 5.41) is 8.36. The number of hydrogen-bond acceptors (Lipinski definition) is 3. The summed E-state index contributed by atoms with van der Waals surface area (Å²) in [6.45, 7) is 0.882. The molecule has 1 saturated heterocycles. The number of carbonyl (C=O) groups is 3. The smallest absolute Gasteiger partial charge is 0.328 e. The molecule has 0 aromatic heterocycles. The molecule has 16 heavy (non-hydrogen) atoms. The maximum Gasteiger partial charge on any atom is 0.328 e. The van der Waals surface area contributed by atoms with E-state index in [2.05, 4.69) is 0 Å². The highest BCUT2D eigenvalue weighted by atomic mass is 16.4. The van der Waals surface area contributed by atoms with E-state index in [9.17, 15) is 14.4 Å². The molecule has 0 unspecified atom stereocenters. The van der Waals surface area contributed by atoms with E-state index in [1.54, 1.807) is 0 Å². The van der Waals surface area contributed by atoms with Gasteiger partial charge in [-0.3, -0.25) is 9.59 Å². The van der Waals surface area contributed by atoms with Crippen LogP contribution in [0.1, 0.15) is 12.8 Å². The minimum absolute atomic E-state index is 0.174. The predicted octanol–water partition coefficient (Wildman–Crippen LogP) is -0.649. The Morgan fingerprint density at radius 3 is 2.19 bits per heavy atom. The number of carboxylic acid groups (broad SMARTS) is 1. The number of nitrogens with zero attached hydrogens (tertiary/aromatic N) is 1. The molecule has 0 aromatic rings. The van der Waals surface area contributed by atoms with Gasteiger partial charge in [-0.25, -0.2) is 4.79 Å². The van der Waals surface area contributed by atoms with Crippen molar-refractivity contribution in [2.45, 2.75) is 12.8 Å². The molecule has 0 bridgehead atoms. The summed E-state index contributed by atoms with van der Waals surface area (Å²) < 4.78 is 0. The van der Waals surface area contributed by atoms with Crippen LogP contribution < -0.4 is 5.73 Å². The highest BCUT2D eigenvalue weighted by molar-refractivity contribution is 5.94. The number of hydrogen-bond donors (Lipinski definition) is 2. The molecule has 88 valence electrons. The summed E-state index contributed by atoms with van der Waals surface area (Å²) in [6.07, 6.45) is 2.92. The summed E-state index contributed by atoms with van der Waals surface area (Å²) >= 11 is 0. The number of likely N-dealkylation sites (tertiary alicyclic amines) is 1. The summed E-state index contributed by atoms with van der Waals surface area (Å²) in [5.74, 6) is -2.01. The largest absolute Gasteiger partial charge is 0.478 e. The molecule has 1 rings (SSSR count). The van der Waals surface area contributed by atoms with Crippen LogP contribution in [0.3, 0.4) is 0 Å². The number of piperidine rings is 1. The topological polar surface area (TPSA) is 101 Å². The van der Waals surface area contributed by atoms with Gasteiger partial charge in [0, 0.05) is 31.2 Å². The lowest BCUT2D eigenvalue weighted by molar-refractivity contribution is -0.133. The van der Waals surface area contributed by atoms with Crippen molar-refractivity contribution >= 4 is 17.8 Å². The van der Waals surface area contributed by atoms with Gasteiger partial charge in [0.15, 0.2) is 0 Å². The van der Waals surface area contributed by atoms with E-state index in [4.69, 9.17) is 10.8 Å². The molecule has 1 fully saturated rings. The lowest BCUT2D eigenvalue weighted by Gasteiger charge is -2.29. The quantitative estimate of drug-likeness (QED) is 0.624. The van der Waals surface area contributed by atoms with Crippen LogP contribution in [0.5, 0.6) is 0 Å². The van der Waals surface area contributed by atoms with E-state index < -0.39 is 5.97 Å². The standard InChI is InChI=1S/C10H14N2O4/c11-10(16)7-3-5-12(6-4-7)8(13)1-2-9(14)15/h1-2,7H,3-6H2,(H2,11,16)(H,14,15)/b2-1+. The highest BCUT2D eigenvalue weighted by Gasteiger charge is 2.24. The first-order chi connectivity index (χ1) is 7.50. The van der Waals surface area contributed by atoms with Crippen LogP contribution in [0.4, 0.5) is 0 Å². The molecule has 1 aliphatic heterocycles. The first kappa shape index (κ1) is 12.2. The molecular formula is C10H14N2O4. The fraction of sp³-hybridized carbons (Fsp3) is 0.500. The molecule has 0 aromatic carbocycles. The zero-order valence-corrected chi connectivity index (χ0v) is 8.76. The van der Waals surface area contributed by atoms with Gasteiger partial charge < -0.3 is 15.7 Å². The summed E-state index contributed by atoms with van der Waals surface area (Å²) in [5.41, 5.74) is 5.15. The Balaban J connectivity index is 2.44. The summed E-state index contributed by atoms with van der Waals surface area (Å²) in [7, 11) is 0. The third kappa shape index (κ3) is 3.38. The summed E-state index contributed by atoms with van der Waals surface area (Å²) in [6, 6.07) is 0. The Kier molecular flexibility index (Phi) is 4.04. The second kappa shape index (κ2) is 5.29. The monoisotopic (exact) mass is 226 g/mol. The van der Waals surface area contributed by atoms with Gasteiger partial charge in [-0.15, -0.1) is 0 Å². The molecule has 1 heterocycles. The Morgan fingerprint density at radius 1 is 1.19 bits per heavy atom. The predicted molar refractivity (Wildman–Crippen MR) is 55.3 cm³/mol. The van der Waals surface area contributed by atoms with E-state index >= 15 is 0 Å². The minimum Gasteiger partial charge on any atom is -0.478 e. The first-order valence-corrected chi connectivity index (χ1v) is 5.00. The van der Waals surface area contributed by atoms with Gasteiger partial charge in [-0.1, -0.05) is 0 Å². The third-order valence-corrected chi connectivity index (χ3v) is 2.58. The molecule has 0 saturated carbocycles. The maximum atomic E-state index is 11.4. The van der Waals surface area contributed by atoms with Crippen molar-refractivity contribution in [3.63, 3.8) is 0 Å². The van der Waals surface area contributed by atoms with Crippen molar-refractivity contribution in [3.05, 3.63) is 12.2 Å².